The summed E-state index contributed by atoms with van der Waals surface area (Å²) in [7, 11) is 2.09. The van der Waals surface area contributed by atoms with Gasteiger partial charge in [-0.15, -0.1) is 0 Å². The van der Waals surface area contributed by atoms with E-state index in [-0.39, 0.29) is 0 Å². The summed E-state index contributed by atoms with van der Waals surface area (Å²) in [4.78, 5) is 13.6. The molecular weight excluding hydrogens is 300 g/mol. The molecule has 0 atom stereocenters. The molecule has 2 aromatic rings. The van der Waals surface area contributed by atoms with Gasteiger partial charge in [0.05, 0.1) is 0 Å². The smallest absolute Gasteiger partial charge is 0.225 e. The van der Waals surface area contributed by atoms with E-state index >= 15 is 0 Å². The van der Waals surface area contributed by atoms with Crippen LogP contribution in [-0.2, 0) is 6.54 Å². The lowest BCUT2D eigenvalue weighted by Gasteiger charge is -2.26. The van der Waals surface area contributed by atoms with E-state index in [9.17, 15) is 0 Å². The zero-order valence-corrected chi connectivity index (χ0v) is 14.4. The Hall–Kier alpha value is -2.14. The van der Waals surface area contributed by atoms with Gasteiger partial charge in [-0.3, -0.25) is 4.90 Å². The Morgan fingerprint density at radius 3 is 2.46 bits per heavy atom. The monoisotopic (exact) mass is 326 g/mol. The third-order valence-corrected chi connectivity index (χ3v) is 4.27. The summed E-state index contributed by atoms with van der Waals surface area (Å²) in [6.07, 6.45) is 7.71. The van der Waals surface area contributed by atoms with Crippen molar-refractivity contribution >= 4 is 5.95 Å². The van der Waals surface area contributed by atoms with Crippen LogP contribution in [0.2, 0.25) is 0 Å². The van der Waals surface area contributed by atoms with E-state index in [1.165, 1.54) is 19.3 Å². The molecule has 1 aromatic carbocycles. The highest BCUT2D eigenvalue weighted by molar-refractivity contribution is 5.30. The van der Waals surface area contributed by atoms with E-state index in [0.717, 1.165) is 43.4 Å². The molecule has 0 bridgehead atoms. The van der Waals surface area contributed by atoms with Gasteiger partial charge >= 0.3 is 0 Å². The number of ether oxygens (including phenoxy) is 1. The molecule has 1 aliphatic heterocycles. The molecule has 2 heterocycles. The number of nitrogens with zero attached hydrogens (tertiary/aromatic N) is 4. The lowest BCUT2D eigenvalue weighted by molar-refractivity contribution is 0.232. The molecule has 0 unspecified atom stereocenters. The fraction of sp³-hybridized carbons (Fsp3) is 0.474. The third-order valence-electron chi connectivity index (χ3n) is 4.27. The second-order valence-corrected chi connectivity index (χ2v) is 6.34. The minimum Gasteiger partial charge on any atom is -0.492 e. The van der Waals surface area contributed by atoms with Gasteiger partial charge in [0.15, 0.2) is 0 Å². The SMILES string of the molecule is CN(CCOc1ccccc1)Cc1cnc(N2CCCCC2)nc1. The molecule has 0 amide bonds. The minimum atomic E-state index is 0.674. The summed E-state index contributed by atoms with van der Waals surface area (Å²) < 4.78 is 5.73. The van der Waals surface area contributed by atoms with Gasteiger partial charge < -0.3 is 9.64 Å². The van der Waals surface area contributed by atoms with Crippen molar-refractivity contribution in [1.82, 2.24) is 14.9 Å². The number of rotatable bonds is 7. The molecule has 24 heavy (non-hydrogen) atoms. The highest BCUT2D eigenvalue weighted by atomic mass is 16.5. The average molecular weight is 326 g/mol. The number of hydrogen-bond donors (Lipinski definition) is 0. The summed E-state index contributed by atoms with van der Waals surface area (Å²) in [6, 6.07) is 9.92. The lowest BCUT2D eigenvalue weighted by atomic mass is 10.1. The summed E-state index contributed by atoms with van der Waals surface area (Å²) in [6.45, 7) is 4.53. The summed E-state index contributed by atoms with van der Waals surface area (Å²) in [5.41, 5.74) is 1.14. The van der Waals surface area contributed by atoms with E-state index in [1.54, 1.807) is 0 Å². The lowest BCUT2D eigenvalue weighted by Crippen LogP contribution is -2.31. The number of piperidine rings is 1. The molecule has 0 radical (unpaired) electrons. The standard InChI is InChI=1S/C19H26N4O/c1-22(12-13-24-18-8-4-2-5-9-18)16-17-14-20-19(21-15-17)23-10-6-3-7-11-23/h2,4-5,8-9,14-15H,3,6-7,10-13,16H2,1H3. The van der Waals surface area contributed by atoms with E-state index in [0.29, 0.717) is 6.61 Å². The normalized spacial score (nSPS) is 14.8. The number of likely N-dealkylation sites (N-methyl/N-ethyl adjacent to an activating group) is 1. The Morgan fingerprint density at radius 1 is 1.04 bits per heavy atom. The average Bonchev–Trinajstić information content (AvgIpc) is 2.64. The number of aromatic nitrogens is 2. The first-order valence-electron chi connectivity index (χ1n) is 8.73. The molecule has 0 spiro atoms. The molecule has 1 fully saturated rings. The summed E-state index contributed by atoms with van der Waals surface area (Å²) in [5.74, 6) is 1.79. The van der Waals surface area contributed by atoms with Crippen molar-refractivity contribution in [2.45, 2.75) is 25.8 Å². The molecule has 3 rings (SSSR count). The highest BCUT2D eigenvalue weighted by Crippen LogP contribution is 2.15. The largest absolute Gasteiger partial charge is 0.492 e. The Labute approximate surface area is 144 Å². The first-order valence-corrected chi connectivity index (χ1v) is 8.73. The number of anilines is 1. The van der Waals surface area contributed by atoms with E-state index < -0.39 is 0 Å². The van der Waals surface area contributed by atoms with Gasteiger partial charge in [0.1, 0.15) is 12.4 Å². The predicted octanol–water partition coefficient (Wildman–Crippen LogP) is 2.98. The van der Waals surface area contributed by atoms with Gasteiger partial charge in [0, 0.05) is 44.1 Å². The van der Waals surface area contributed by atoms with Gasteiger partial charge in [-0.05, 0) is 38.4 Å². The van der Waals surface area contributed by atoms with Crippen molar-refractivity contribution in [3.63, 3.8) is 0 Å². The van der Waals surface area contributed by atoms with Gasteiger partial charge in [-0.25, -0.2) is 9.97 Å². The van der Waals surface area contributed by atoms with Crippen LogP contribution in [0.4, 0.5) is 5.95 Å². The maximum absolute atomic E-state index is 5.73. The van der Waals surface area contributed by atoms with Crippen molar-refractivity contribution in [3.05, 3.63) is 48.3 Å². The Bertz CT molecular complexity index is 597. The van der Waals surface area contributed by atoms with Crippen LogP contribution in [0.1, 0.15) is 24.8 Å². The minimum absolute atomic E-state index is 0.674. The zero-order chi connectivity index (χ0) is 16.6. The van der Waals surface area contributed by atoms with Crippen molar-refractivity contribution in [1.29, 1.82) is 0 Å². The van der Waals surface area contributed by atoms with E-state index in [2.05, 4.69) is 26.8 Å². The second kappa shape index (κ2) is 8.64. The zero-order valence-electron chi connectivity index (χ0n) is 14.4. The van der Waals surface area contributed by atoms with Crippen molar-refractivity contribution in [2.75, 3.05) is 38.2 Å². The molecular formula is C19H26N4O. The van der Waals surface area contributed by atoms with Crippen LogP contribution in [0.15, 0.2) is 42.7 Å². The molecule has 1 aromatic heterocycles. The Balaban J connectivity index is 1.43. The van der Waals surface area contributed by atoms with Crippen LogP contribution >= 0.6 is 0 Å². The molecule has 0 aliphatic carbocycles. The van der Waals surface area contributed by atoms with E-state index in [1.807, 2.05) is 42.7 Å². The Kier molecular flexibility index (Phi) is 6.01. The Morgan fingerprint density at radius 2 is 1.75 bits per heavy atom. The third kappa shape index (κ3) is 4.93. The first kappa shape index (κ1) is 16.7. The topological polar surface area (TPSA) is 41.5 Å². The molecule has 0 N–H and O–H groups in total. The molecule has 1 aliphatic rings. The van der Waals surface area contributed by atoms with Crippen LogP contribution < -0.4 is 9.64 Å². The van der Waals surface area contributed by atoms with Gasteiger partial charge in [0.2, 0.25) is 5.95 Å². The van der Waals surface area contributed by atoms with Crippen LogP contribution in [0.5, 0.6) is 5.75 Å². The molecule has 5 nitrogen and oxygen atoms in total. The van der Waals surface area contributed by atoms with Gasteiger partial charge in [-0.1, -0.05) is 18.2 Å². The summed E-state index contributed by atoms with van der Waals surface area (Å²) in [5, 5.41) is 0. The number of para-hydroxylation sites is 1. The fourth-order valence-electron chi connectivity index (χ4n) is 2.91. The van der Waals surface area contributed by atoms with Crippen molar-refractivity contribution < 1.29 is 4.74 Å². The van der Waals surface area contributed by atoms with Crippen LogP contribution in [-0.4, -0.2) is 48.2 Å². The van der Waals surface area contributed by atoms with E-state index in [4.69, 9.17) is 4.74 Å². The van der Waals surface area contributed by atoms with Gasteiger partial charge in [0.25, 0.3) is 0 Å². The molecule has 0 saturated carbocycles. The molecule has 1 saturated heterocycles. The summed E-state index contributed by atoms with van der Waals surface area (Å²) >= 11 is 0. The number of hydrogen-bond acceptors (Lipinski definition) is 5. The maximum Gasteiger partial charge on any atom is 0.225 e. The quantitative estimate of drug-likeness (QED) is 0.782. The highest BCUT2D eigenvalue weighted by Gasteiger charge is 2.13. The first-order chi connectivity index (χ1) is 11.8. The van der Waals surface area contributed by atoms with Crippen LogP contribution in [0.3, 0.4) is 0 Å². The molecule has 128 valence electrons. The van der Waals surface area contributed by atoms with Crippen LogP contribution in [0.25, 0.3) is 0 Å². The van der Waals surface area contributed by atoms with Crippen molar-refractivity contribution in [3.8, 4) is 5.75 Å². The maximum atomic E-state index is 5.73. The van der Waals surface area contributed by atoms with Crippen LogP contribution in [0, 0.1) is 0 Å². The predicted molar refractivity (Wildman–Crippen MR) is 96.4 cm³/mol. The molecule has 5 heteroatoms. The van der Waals surface area contributed by atoms with Gasteiger partial charge in [-0.2, -0.15) is 0 Å². The number of benzene rings is 1. The second-order valence-electron chi connectivity index (χ2n) is 6.34. The fourth-order valence-corrected chi connectivity index (χ4v) is 2.91. The van der Waals surface area contributed by atoms with Crippen molar-refractivity contribution in [2.24, 2.45) is 0 Å².